The first-order chi connectivity index (χ1) is 6.22. The van der Waals surface area contributed by atoms with E-state index in [1.165, 1.54) is 19.9 Å². The Labute approximate surface area is 85.4 Å². The Balaban J connectivity index is 2.80. The van der Waals surface area contributed by atoms with E-state index in [1.54, 1.807) is 29.2 Å². The van der Waals surface area contributed by atoms with Gasteiger partial charge in [0.2, 0.25) is 0 Å². The summed E-state index contributed by atoms with van der Waals surface area (Å²) < 4.78 is 1.25. The van der Waals surface area contributed by atoms with Gasteiger partial charge < -0.3 is 5.11 Å². The van der Waals surface area contributed by atoms with E-state index >= 15 is 0 Å². The summed E-state index contributed by atoms with van der Waals surface area (Å²) >= 11 is 3.52. The van der Waals surface area contributed by atoms with Gasteiger partial charge in [-0.3, -0.25) is 0 Å². The molecule has 1 N–H and O–H groups in total. The van der Waals surface area contributed by atoms with Crippen LogP contribution in [0.15, 0.2) is 23.1 Å². The van der Waals surface area contributed by atoms with Crippen molar-refractivity contribution < 1.29 is 5.11 Å². The predicted molar refractivity (Wildman–Crippen MR) is 60.0 cm³/mol. The molecule has 1 heterocycles. The van der Waals surface area contributed by atoms with E-state index in [1.807, 2.05) is 12.1 Å². The first kappa shape index (κ1) is 8.91. The largest absolute Gasteiger partial charge is 0.508 e. The Morgan fingerprint density at radius 2 is 2.15 bits per heavy atom. The highest BCUT2D eigenvalue weighted by Gasteiger charge is 2.07. The second-order valence-electron chi connectivity index (χ2n) is 2.87. The maximum Gasteiger partial charge on any atom is 0.116 e. The Morgan fingerprint density at radius 3 is 2.85 bits per heavy atom. The molecular weight excluding hydrogens is 200 g/mol. The molecular formula is C10H10OS2. The van der Waals surface area contributed by atoms with Gasteiger partial charge in [0.05, 0.1) is 0 Å². The zero-order valence-electron chi connectivity index (χ0n) is 7.50. The van der Waals surface area contributed by atoms with Gasteiger partial charge in [-0.25, -0.2) is 0 Å². The average molecular weight is 210 g/mol. The average Bonchev–Trinajstić information content (AvgIpc) is 2.40. The first-order valence-corrected chi connectivity index (χ1v) is 6.02. The summed E-state index contributed by atoms with van der Waals surface area (Å²) in [5, 5.41) is 10.5. The summed E-state index contributed by atoms with van der Waals surface area (Å²) in [6, 6.07) is 5.55. The molecule has 0 bridgehead atoms. The number of hydrogen-bond acceptors (Lipinski definition) is 3. The first-order valence-electron chi connectivity index (χ1n) is 3.98. The molecule has 0 spiro atoms. The maximum atomic E-state index is 9.35. The Morgan fingerprint density at radius 1 is 1.38 bits per heavy atom. The number of phenols is 1. The maximum absolute atomic E-state index is 9.35. The summed E-state index contributed by atoms with van der Waals surface area (Å²) in [6.45, 7) is 2.12. The fraction of sp³-hybridized carbons (Fsp3) is 0.200. The molecule has 0 unspecified atom stereocenters. The van der Waals surface area contributed by atoms with E-state index in [4.69, 9.17) is 0 Å². The second-order valence-corrected chi connectivity index (χ2v) is 4.94. The van der Waals surface area contributed by atoms with E-state index < -0.39 is 0 Å². The van der Waals surface area contributed by atoms with Gasteiger partial charge in [0, 0.05) is 19.9 Å². The van der Waals surface area contributed by atoms with Gasteiger partial charge in [-0.1, -0.05) is 0 Å². The van der Waals surface area contributed by atoms with Crippen molar-refractivity contribution in [3.63, 3.8) is 0 Å². The number of fused-ring (bicyclic) bond motifs is 1. The number of thioether (sulfide) groups is 1. The molecule has 3 heteroatoms. The molecule has 0 fully saturated rings. The molecule has 0 radical (unpaired) electrons. The third-order valence-corrected chi connectivity index (χ3v) is 4.14. The molecule has 0 saturated heterocycles. The fourth-order valence-corrected chi connectivity index (χ4v) is 3.49. The van der Waals surface area contributed by atoms with E-state index in [9.17, 15) is 5.11 Å². The highest BCUT2D eigenvalue weighted by Crippen LogP contribution is 2.37. The predicted octanol–water partition coefficient (Wildman–Crippen LogP) is 3.64. The molecule has 2 rings (SSSR count). The normalized spacial score (nSPS) is 10.9. The molecule has 0 aliphatic heterocycles. The molecule has 0 atom stereocenters. The lowest BCUT2D eigenvalue weighted by molar-refractivity contribution is 0.476. The monoisotopic (exact) mass is 210 g/mol. The smallest absolute Gasteiger partial charge is 0.116 e. The quantitative estimate of drug-likeness (QED) is 0.725. The minimum atomic E-state index is 0.348. The summed E-state index contributed by atoms with van der Waals surface area (Å²) in [7, 11) is 0. The van der Waals surface area contributed by atoms with Crippen LogP contribution in [0, 0.1) is 6.92 Å². The standard InChI is InChI=1S/C10H10OS2/c1-6-10(12-2)8-5-7(11)3-4-9(8)13-6/h3-5,11H,1-2H3. The van der Waals surface area contributed by atoms with Crippen molar-refractivity contribution in [2.75, 3.05) is 6.26 Å². The van der Waals surface area contributed by atoms with Crippen molar-refractivity contribution >= 4 is 33.2 Å². The lowest BCUT2D eigenvalue weighted by atomic mass is 10.2. The minimum Gasteiger partial charge on any atom is -0.508 e. The van der Waals surface area contributed by atoms with Gasteiger partial charge in [0.15, 0.2) is 0 Å². The van der Waals surface area contributed by atoms with Crippen molar-refractivity contribution in [2.24, 2.45) is 0 Å². The van der Waals surface area contributed by atoms with Crippen LogP contribution < -0.4 is 0 Å². The number of thiophene rings is 1. The number of aromatic hydroxyl groups is 1. The van der Waals surface area contributed by atoms with Crippen molar-refractivity contribution in [3.05, 3.63) is 23.1 Å². The van der Waals surface area contributed by atoms with Crippen LogP contribution in [0.5, 0.6) is 5.75 Å². The zero-order valence-corrected chi connectivity index (χ0v) is 9.13. The highest BCUT2D eigenvalue weighted by atomic mass is 32.2. The number of rotatable bonds is 1. The van der Waals surface area contributed by atoms with Crippen LogP contribution in [0.2, 0.25) is 0 Å². The molecule has 0 amide bonds. The topological polar surface area (TPSA) is 20.2 Å². The third kappa shape index (κ3) is 1.42. The Kier molecular flexibility index (Phi) is 2.22. The van der Waals surface area contributed by atoms with Crippen LogP contribution in [0.1, 0.15) is 4.88 Å². The number of hydrogen-bond donors (Lipinski definition) is 1. The lowest BCUT2D eigenvalue weighted by Gasteiger charge is -1.95. The zero-order chi connectivity index (χ0) is 9.42. The van der Waals surface area contributed by atoms with E-state index in [0.717, 1.165) is 0 Å². The van der Waals surface area contributed by atoms with Crippen LogP contribution in [-0.4, -0.2) is 11.4 Å². The molecule has 1 nitrogen and oxygen atoms in total. The van der Waals surface area contributed by atoms with Crippen molar-refractivity contribution in [1.82, 2.24) is 0 Å². The van der Waals surface area contributed by atoms with Gasteiger partial charge in [-0.2, -0.15) is 0 Å². The van der Waals surface area contributed by atoms with Gasteiger partial charge in [-0.05, 0) is 31.4 Å². The second kappa shape index (κ2) is 3.24. The fourth-order valence-electron chi connectivity index (χ4n) is 1.44. The van der Waals surface area contributed by atoms with Gasteiger partial charge in [-0.15, -0.1) is 23.1 Å². The summed E-state index contributed by atoms with van der Waals surface area (Å²) in [5.41, 5.74) is 0. The molecule has 1 aromatic heterocycles. The highest BCUT2D eigenvalue weighted by molar-refractivity contribution is 7.99. The van der Waals surface area contributed by atoms with Gasteiger partial charge in [0.25, 0.3) is 0 Å². The molecule has 68 valence electrons. The van der Waals surface area contributed by atoms with Gasteiger partial charge >= 0.3 is 0 Å². The summed E-state index contributed by atoms with van der Waals surface area (Å²) in [5.74, 6) is 0.348. The van der Waals surface area contributed by atoms with Gasteiger partial charge in [0.1, 0.15) is 5.75 Å². The Hall–Kier alpha value is -0.670. The van der Waals surface area contributed by atoms with E-state index in [-0.39, 0.29) is 0 Å². The molecule has 0 aliphatic carbocycles. The molecule has 0 saturated carbocycles. The lowest BCUT2D eigenvalue weighted by Crippen LogP contribution is -1.69. The number of aryl methyl sites for hydroxylation is 1. The minimum absolute atomic E-state index is 0.348. The third-order valence-electron chi connectivity index (χ3n) is 1.99. The number of benzene rings is 1. The van der Waals surface area contributed by atoms with E-state index in [0.29, 0.717) is 5.75 Å². The van der Waals surface area contributed by atoms with Crippen molar-refractivity contribution in [1.29, 1.82) is 0 Å². The van der Waals surface area contributed by atoms with Crippen molar-refractivity contribution in [3.8, 4) is 5.75 Å². The summed E-state index contributed by atoms with van der Waals surface area (Å²) in [6.07, 6.45) is 2.07. The van der Waals surface area contributed by atoms with Crippen LogP contribution in [0.4, 0.5) is 0 Å². The van der Waals surface area contributed by atoms with Crippen molar-refractivity contribution in [2.45, 2.75) is 11.8 Å². The van der Waals surface area contributed by atoms with Crippen LogP contribution in [-0.2, 0) is 0 Å². The Bertz CT molecular complexity index is 445. The molecule has 0 aliphatic rings. The molecule has 2 aromatic rings. The van der Waals surface area contributed by atoms with Crippen LogP contribution in [0.3, 0.4) is 0 Å². The van der Waals surface area contributed by atoms with E-state index in [2.05, 4.69) is 13.2 Å². The summed E-state index contributed by atoms with van der Waals surface area (Å²) in [4.78, 5) is 2.61. The van der Waals surface area contributed by atoms with Crippen LogP contribution >= 0.6 is 23.1 Å². The molecule has 1 aromatic carbocycles. The number of phenolic OH excluding ortho intramolecular Hbond substituents is 1. The molecule has 13 heavy (non-hydrogen) atoms. The SMILES string of the molecule is CSc1c(C)sc2ccc(O)cc12. The van der Waals surface area contributed by atoms with Crippen LogP contribution in [0.25, 0.3) is 10.1 Å².